The largest absolute Gasteiger partial charge is 0.464 e. The van der Waals surface area contributed by atoms with Crippen LogP contribution in [0.15, 0.2) is 0 Å². The van der Waals surface area contributed by atoms with Crippen LogP contribution in [0, 0.1) is 0 Å². The predicted molar refractivity (Wildman–Crippen MR) is 106 cm³/mol. The summed E-state index contributed by atoms with van der Waals surface area (Å²) in [5.41, 5.74) is 0.0946. The molecule has 0 amide bonds. The zero-order valence-corrected chi connectivity index (χ0v) is 17.4. The zero-order chi connectivity index (χ0) is 19.9. The summed E-state index contributed by atoms with van der Waals surface area (Å²) in [6, 6.07) is 0. The van der Waals surface area contributed by atoms with Crippen molar-refractivity contribution in [1.82, 2.24) is 10.2 Å². The minimum absolute atomic E-state index is 0.0190. The number of carbonyl (C=O) groups is 1. The summed E-state index contributed by atoms with van der Waals surface area (Å²) < 4.78 is 27.1. The van der Waals surface area contributed by atoms with E-state index in [-0.39, 0.29) is 18.2 Å². The van der Waals surface area contributed by atoms with E-state index in [0.717, 1.165) is 71.6 Å². The van der Waals surface area contributed by atoms with Crippen LogP contribution >= 0.6 is 0 Å². The molecule has 0 bridgehead atoms. The van der Waals surface area contributed by atoms with Crippen molar-refractivity contribution in [2.24, 2.45) is 0 Å². The second-order valence-corrected chi connectivity index (χ2v) is 7.35. The molecule has 0 aromatic heterocycles. The van der Waals surface area contributed by atoms with Gasteiger partial charge in [0, 0.05) is 19.7 Å². The first kappa shape index (κ1) is 23.5. The van der Waals surface area contributed by atoms with Gasteiger partial charge in [-0.25, -0.2) is 4.79 Å². The molecular formula is C20H38N2O6. The van der Waals surface area contributed by atoms with E-state index in [9.17, 15) is 4.79 Å². The van der Waals surface area contributed by atoms with Crippen molar-refractivity contribution in [3.8, 4) is 0 Å². The Balaban J connectivity index is 1.36. The van der Waals surface area contributed by atoms with Crippen LogP contribution < -0.4 is 5.32 Å². The van der Waals surface area contributed by atoms with Crippen molar-refractivity contribution in [2.45, 2.75) is 38.2 Å². The number of ether oxygens (including phenoxy) is 5. The molecule has 2 aliphatic heterocycles. The number of nitrogens with one attached hydrogen (secondary N) is 1. The van der Waals surface area contributed by atoms with Crippen LogP contribution in [0.1, 0.15) is 32.6 Å². The molecule has 28 heavy (non-hydrogen) atoms. The number of morpholine rings is 1. The van der Waals surface area contributed by atoms with Crippen LogP contribution in [0.4, 0.5) is 0 Å². The number of esters is 1. The van der Waals surface area contributed by atoms with Gasteiger partial charge in [-0.05, 0) is 52.2 Å². The minimum atomic E-state index is -0.339. The molecule has 2 saturated heterocycles. The average molecular weight is 403 g/mol. The molecular weight excluding hydrogens is 364 g/mol. The van der Waals surface area contributed by atoms with E-state index in [1.807, 2.05) is 0 Å². The predicted octanol–water partition coefficient (Wildman–Crippen LogP) is 0.834. The van der Waals surface area contributed by atoms with Gasteiger partial charge in [0.25, 0.3) is 0 Å². The zero-order valence-electron chi connectivity index (χ0n) is 17.4. The van der Waals surface area contributed by atoms with E-state index in [2.05, 4.69) is 10.2 Å². The van der Waals surface area contributed by atoms with Crippen molar-refractivity contribution in [1.29, 1.82) is 0 Å². The highest BCUT2D eigenvalue weighted by Gasteiger charge is 2.37. The van der Waals surface area contributed by atoms with Gasteiger partial charge in [0.15, 0.2) is 0 Å². The monoisotopic (exact) mass is 402 g/mol. The van der Waals surface area contributed by atoms with Gasteiger partial charge in [-0.15, -0.1) is 0 Å². The second-order valence-electron chi connectivity index (χ2n) is 7.35. The highest BCUT2D eigenvalue weighted by molar-refractivity contribution is 5.70. The van der Waals surface area contributed by atoms with Crippen LogP contribution in [-0.2, 0) is 28.5 Å². The highest BCUT2D eigenvalue weighted by atomic mass is 16.6. The lowest BCUT2D eigenvalue weighted by Crippen LogP contribution is -2.56. The first-order valence-corrected chi connectivity index (χ1v) is 10.7. The van der Waals surface area contributed by atoms with Gasteiger partial charge in [0.2, 0.25) is 0 Å². The number of nitrogens with zero attached hydrogens (tertiary/aromatic N) is 1. The molecule has 0 atom stereocenters. The number of carbonyl (C=O) groups excluding carboxylic acids is 1. The lowest BCUT2D eigenvalue weighted by molar-refractivity contribution is -0.149. The fourth-order valence-corrected chi connectivity index (χ4v) is 3.64. The third kappa shape index (κ3) is 9.62. The Kier molecular flexibility index (Phi) is 12.0. The van der Waals surface area contributed by atoms with E-state index in [1.54, 1.807) is 6.92 Å². The van der Waals surface area contributed by atoms with Gasteiger partial charge < -0.3 is 29.0 Å². The number of hydrogen-bond donors (Lipinski definition) is 1. The molecule has 164 valence electrons. The van der Waals surface area contributed by atoms with Crippen LogP contribution in [0.2, 0.25) is 0 Å². The van der Waals surface area contributed by atoms with Crippen molar-refractivity contribution >= 4 is 5.97 Å². The van der Waals surface area contributed by atoms with Gasteiger partial charge in [-0.1, -0.05) is 0 Å². The molecule has 1 spiro atoms. The fourth-order valence-electron chi connectivity index (χ4n) is 3.64. The molecule has 0 unspecified atom stereocenters. The van der Waals surface area contributed by atoms with E-state index < -0.39 is 0 Å². The lowest BCUT2D eigenvalue weighted by atomic mass is 9.90. The van der Waals surface area contributed by atoms with Crippen LogP contribution in [0.25, 0.3) is 0 Å². The first-order valence-electron chi connectivity index (χ1n) is 10.7. The van der Waals surface area contributed by atoms with Gasteiger partial charge in [0.1, 0.15) is 6.61 Å². The smallest absolute Gasteiger partial charge is 0.332 e. The summed E-state index contributed by atoms with van der Waals surface area (Å²) in [5.74, 6) is -0.339. The van der Waals surface area contributed by atoms with Gasteiger partial charge in [-0.2, -0.15) is 0 Å². The molecule has 0 aliphatic carbocycles. The van der Waals surface area contributed by atoms with Gasteiger partial charge in [0.05, 0.1) is 45.2 Å². The normalized spacial score (nSPS) is 19.8. The van der Waals surface area contributed by atoms with E-state index in [1.165, 1.54) is 0 Å². The van der Waals surface area contributed by atoms with Crippen LogP contribution in [0.3, 0.4) is 0 Å². The third-order valence-electron chi connectivity index (χ3n) is 5.12. The Morgan fingerprint density at radius 1 is 1.04 bits per heavy atom. The topological polar surface area (TPSA) is 78.5 Å². The minimum Gasteiger partial charge on any atom is -0.464 e. The molecule has 2 aliphatic rings. The van der Waals surface area contributed by atoms with Gasteiger partial charge >= 0.3 is 5.97 Å². The number of rotatable bonds is 14. The maximum Gasteiger partial charge on any atom is 0.332 e. The number of piperidine rings is 1. The maximum atomic E-state index is 11.1. The van der Waals surface area contributed by atoms with Crippen molar-refractivity contribution in [2.75, 3.05) is 85.6 Å². The van der Waals surface area contributed by atoms with Crippen molar-refractivity contribution < 1.29 is 28.5 Å². The molecule has 1 N–H and O–H groups in total. The standard InChI is InChI=1S/C20H38N2O6/c1-2-27-19(23)17-26-16-15-25-14-13-24-11-4-3-9-22-10-12-28-20(18-22)5-7-21-8-6-20/h21H,2-18H2,1H3. The molecule has 0 radical (unpaired) electrons. The number of hydrogen-bond acceptors (Lipinski definition) is 8. The summed E-state index contributed by atoms with van der Waals surface area (Å²) >= 11 is 0. The van der Waals surface area contributed by atoms with E-state index in [4.69, 9.17) is 23.7 Å². The number of unbranched alkanes of at least 4 members (excludes halogenated alkanes) is 1. The summed E-state index contributed by atoms with van der Waals surface area (Å²) in [7, 11) is 0. The lowest BCUT2D eigenvalue weighted by Gasteiger charge is -2.45. The first-order chi connectivity index (χ1) is 13.7. The second kappa shape index (κ2) is 14.3. The van der Waals surface area contributed by atoms with Crippen molar-refractivity contribution in [3.05, 3.63) is 0 Å². The molecule has 2 rings (SSSR count). The molecule has 0 aromatic rings. The fraction of sp³-hybridized carbons (Fsp3) is 0.950. The van der Waals surface area contributed by atoms with Gasteiger partial charge in [-0.3, -0.25) is 4.90 Å². The Labute approximate surface area is 169 Å². The molecule has 2 heterocycles. The Morgan fingerprint density at radius 2 is 1.75 bits per heavy atom. The van der Waals surface area contributed by atoms with Crippen LogP contribution in [0.5, 0.6) is 0 Å². The Bertz CT molecular complexity index is 412. The Hall–Kier alpha value is -0.770. The van der Waals surface area contributed by atoms with Crippen LogP contribution in [-0.4, -0.2) is 102 Å². The summed E-state index contributed by atoms with van der Waals surface area (Å²) in [4.78, 5) is 13.6. The quantitative estimate of drug-likeness (QED) is 0.338. The molecule has 2 fully saturated rings. The summed E-state index contributed by atoms with van der Waals surface area (Å²) in [6.45, 7) is 11.1. The summed E-state index contributed by atoms with van der Waals surface area (Å²) in [6.07, 6.45) is 4.46. The van der Waals surface area contributed by atoms with E-state index in [0.29, 0.717) is 33.0 Å². The average Bonchev–Trinajstić information content (AvgIpc) is 2.70. The third-order valence-corrected chi connectivity index (χ3v) is 5.12. The molecule has 0 saturated carbocycles. The maximum absolute atomic E-state index is 11.1. The highest BCUT2D eigenvalue weighted by Crippen LogP contribution is 2.27. The molecule has 8 heteroatoms. The molecule has 0 aromatic carbocycles. The molecule has 8 nitrogen and oxygen atoms in total. The van der Waals surface area contributed by atoms with E-state index >= 15 is 0 Å². The Morgan fingerprint density at radius 3 is 2.50 bits per heavy atom. The van der Waals surface area contributed by atoms with Crippen molar-refractivity contribution in [3.63, 3.8) is 0 Å². The SMILES string of the molecule is CCOC(=O)COCCOCCOCCCCN1CCOC2(CCNCC2)C1. The summed E-state index contributed by atoms with van der Waals surface area (Å²) in [5, 5.41) is 3.42.